The van der Waals surface area contributed by atoms with Crippen LogP contribution in [0.15, 0.2) is 0 Å². The second-order valence-corrected chi connectivity index (χ2v) is 15.3. The maximum absolute atomic E-state index is 13.5. The zero-order chi connectivity index (χ0) is 30.3. The highest BCUT2D eigenvalue weighted by molar-refractivity contribution is 5.79. The molecule has 5 rings (SSSR count). The number of hydrogen-bond acceptors (Lipinski definition) is 8. The van der Waals surface area contributed by atoms with E-state index in [0.29, 0.717) is 49.2 Å². The van der Waals surface area contributed by atoms with Crippen molar-refractivity contribution in [2.45, 2.75) is 122 Å². The van der Waals surface area contributed by atoms with Gasteiger partial charge in [-0.1, -0.05) is 20.8 Å². The molecule has 0 aromatic rings. The number of Topliss-reactive ketones (excluding diaryl/α,β-unsaturated/α-hetero) is 1. The molecule has 1 saturated heterocycles. The SMILES string of the molecule is COC(=O)C[C@]12CCC3C(CCC4CC(=O)CC[C@@]43C)C1CC(O)C21O[C@@]1(C)C(C(=O)OC)[C@@H](C)[C@H](C)C(C)(C)O. The summed E-state index contributed by atoms with van der Waals surface area (Å²) in [5.41, 5.74) is -3.83. The summed E-state index contributed by atoms with van der Waals surface area (Å²) < 4.78 is 17.4. The molecule has 5 aliphatic rings. The predicted molar refractivity (Wildman–Crippen MR) is 151 cm³/mol. The largest absolute Gasteiger partial charge is 0.469 e. The van der Waals surface area contributed by atoms with Gasteiger partial charge in [0.05, 0.1) is 38.3 Å². The highest BCUT2D eigenvalue weighted by atomic mass is 16.7. The van der Waals surface area contributed by atoms with Crippen LogP contribution >= 0.6 is 0 Å². The summed E-state index contributed by atoms with van der Waals surface area (Å²) >= 11 is 0. The minimum atomic E-state index is -1.10. The van der Waals surface area contributed by atoms with E-state index in [1.165, 1.54) is 14.2 Å². The maximum atomic E-state index is 13.5. The van der Waals surface area contributed by atoms with Gasteiger partial charge in [-0.3, -0.25) is 14.4 Å². The van der Waals surface area contributed by atoms with E-state index < -0.39 is 40.2 Å². The zero-order valence-corrected chi connectivity index (χ0v) is 26.3. The number of esters is 2. The van der Waals surface area contributed by atoms with Gasteiger partial charge in [-0.25, -0.2) is 0 Å². The molecule has 7 unspecified atom stereocenters. The van der Waals surface area contributed by atoms with Gasteiger partial charge in [0, 0.05) is 18.3 Å². The molecule has 4 aliphatic carbocycles. The van der Waals surface area contributed by atoms with Gasteiger partial charge in [-0.2, -0.15) is 0 Å². The van der Waals surface area contributed by atoms with Crippen molar-refractivity contribution in [2.75, 3.05) is 14.2 Å². The first kappa shape index (κ1) is 30.9. The van der Waals surface area contributed by atoms with Crippen LogP contribution in [0.3, 0.4) is 0 Å². The Hall–Kier alpha value is -1.51. The lowest BCUT2D eigenvalue weighted by atomic mass is 9.43. The third kappa shape index (κ3) is 4.20. The summed E-state index contributed by atoms with van der Waals surface area (Å²) in [6.45, 7) is 11.6. The second-order valence-electron chi connectivity index (χ2n) is 15.3. The molecule has 0 aromatic carbocycles. The van der Waals surface area contributed by atoms with Crippen LogP contribution in [-0.4, -0.2) is 65.1 Å². The van der Waals surface area contributed by atoms with Crippen LogP contribution in [-0.2, 0) is 28.6 Å². The Morgan fingerprint density at radius 1 is 1.07 bits per heavy atom. The molecule has 12 atom stereocenters. The van der Waals surface area contributed by atoms with Gasteiger partial charge >= 0.3 is 11.9 Å². The quantitative estimate of drug-likeness (QED) is 0.336. The minimum Gasteiger partial charge on any atom is -0.469 e. The molecule has 41 heavy (non-hydrogen) atoms. The smallest absolute Gasteiger partial charge is 0.311 e. The molecule has 8 heteroatoms. The van der Waals surface area contributed by atoms with E-state index in [-0.39, 0.29) is 35.6 Å². The molecule has 1 spiro atoms. The lowest BCUT2D eigenvalue weighted by Gasteiger charge is -2.60. The number of rotatable bonds is 7. The highest BCUT2D eigenvalue weighted by Gasteiger charge is 2.87. The summed E-state index contributed by atoms with van der Waals surface area (Å²) in [7, 11) is 2.77. The Bertz CT molecular complexity index is 1080. The van der Waals surface area contributed by atoms with E-state index in [9.17, 15) is 24.6 Å². The van der Waals surface area contributed by atoms with E-state index in [0.717, 1.165) is 25.7 Å². The van der Waals surface area contributed by atoms with Crippen LogP contribution in [0.4, 0.5) is 0 Å². The Balaban J connectivity index is 1.57. The first-order valence-electron chi connectivity index (χ1n) is 15.8. The van der Waals surface area contributed by atoms with Crippen LogP contribution in [0.2, 0.25) is 0 Å². The van der Waals surface area contributed by atoms with Gasteiger partial charge in [-0.15, -0.1) is 0 Å². The van der Waals surface area contributed by atoms with Crippen molar-refractivity contribution in [3.05, 3.63) is 0 Å². The number of ketones is 1. The second kappa shape index (κ2) is 10.0. The topological polar surface area (TPSA) is 123 Å². The van der Waals surface area contributed by atoms with Gasteiger partial charge in [-0.05, 0) is 100 Å². The normalized spacial score (nSPS) is 45.6. The average Bonchev–Trinajstić information content (AvgIpc) is 3.48. The summed E-state index contributed by atoms with van der Waals surface area (Å²) in [5.74, 6) is -0.552. The standard InChI is InChI=1S/C33H52O8/c1-18(19(2)29(3,4)38)27(28(37)40-8)31(6)33(41-31)25(35)16-24-22-10-9-20-15-21(34)11-13-30(20,5)23(22)12-14-32(24,33)17-26(36)39-7/h18-20,22-25,27,35,38H,9-17H2,1-8H3/t18-,19-,20?,22?,23?,24?,25?,27?,30-,31-,32+,33?/m0/s1. The Kier molecular flexibility index (Phi) is 7.56. The zero-order valence-electron chi connectivity index (χ0n) is 26.3. The van der Waals surface area contributed by atoms with Gasteiger partial charge in [0.1, 0.15) is 17.0 Å². The van der Waals surface area contributed by atoms with E-state index in [1.807, 2.05) is 20.8 Å². The van der Waals surface area contributed by atoms with Crippen LogP contribution < -0.4 is 0 Å². The molecule has 0 aromatic heterocycles. The molecular weight excluding hydrogens is 524 g/mol. The summed E-state index contributed by atoms with van der Waals surface area (Å²) in [4.78, 5) is 39.1. The lowest BCUT2D eigenvalue weighted by molar-refractivity contribution is -0.158. The lowest BCUT2D eigenvalue weighted by Crippen LogP contribution is -2.59. The van der Waals surface area contributed by atoms with Crippen molar-refractivity contribution in [2.24, 2.45) is 52.3 Å². The van der Waals surface area contributed by atoms with Gasteiger partial charge in [0.25, 0.3) is 0 Å². The third-order valence-electron chi connectivity index (χ3n) is 13.6. The number of aliphatic hydroxyl groups excluding tert-OH is 1. The summed E-state index contributed by atoms with van der Waals surface area (Å²) in [6.07, 6.45) is 5.56. The average molecular weight is 577 g/mol. The van der Waals surface area contributed by atoms with Crippen LogP contribution in [0.5, 0.6) is 0 Å². The summed E-state index contributed by atoms with van der Waals surface area (Å²) in [6, 6.07) is 0. The predicted octanol–water partition coefficient (Wildman–Crippen LogP) is 4.47. The maximum Gasteiger partial charge on any atom is 0.311 e. The fourth-order valence-corrected chi connectivity index (χ4v) is 11.1. The van der Waals surface area contributed by atoms with Gasteiger partial charge in [0.2, 0.25) is 0 Å². The minimum absolute atomic E-state index is 0.0351. The molecule has 8 nitrogen and oxygen atoms in total. The van der Waals surface area contributed by atoms with Crippen LogP contribution in [0.25, 0.3) is 0 Å². The number of fused-ring (bicyclic) bond motifs is 6. The van der Waals surface area contributed by atoms with Crippen molar-refractivity contribution >= 4 is 17.7 Å². The third-order valence-corrected chi connectivity index (χ3v) is 13.6. The fourth-order valence-electron chi connectivity index (χ4n) is 11.1. The first-order chi connectivity index (χ1) is 19.0. The molecular formula is C33H52O8. The van der Waals surface area contributed by atoms with Crippen molar-refractivity contribution in [1.82, 2.24) is 0 Å². The molecule has 1 heterocycles. The Labute approximate surface area is 245 Å². The molecule has 4 saturated carbocycles. The number of carbonyl (C=O) groups is 3. The fraction of sp³-hybridized carbons (Fsp3) is 0.909. The molecule has 232 valence electrons. The molecule has 5 fully saturated rings. The van der Waals surface area contributed by atoms with E-state index in [4.69, 9.17) is 14.2 Å². The molecule has 2 N–H and O–H groups in total. The van der Waals surface area contributed by atoms with Crippen LogP contribution in [0.1, 0.15) is 99.3 Å². The van der Waals surface area contributed by atoms with Crippen LogP contribution in [0, 0.1) is 52.3 Å². The molecule has 0 amide bonds. The molecule has 0 bridgehead atoms. The van der Waals surface area contributed by atoms with E-state index in [2.05, 4.69) is 6.92 Å². The highest BCUT2D eigenvalue weighted by Crippen LogP contribution is 2.78. The van der Waals surface area contributed by atoms with Crippen molar-refractivity contribution in [3.8, 4) is 0 Å². The van der Waals surface area contributed by atoms with E-state index >= 15 is 0 Å². The number of hydrogen-bond donors (Lipinski definition) is 2. The number of ether oxygens (including phenoxy) is 3. The van der Waals surface area contributed by atoms with E-state index in [1.54, 1.807) is 13.8 Å². The first-order valence-corrected chi connectivity index (χ1v) is 15.8. The van der Waals surface area contributed by atoms with Crippen molar-refractivity contribution in [3.63, 3.8) is 0 Å². The molecule has 1 aliphatic heterocycles. The number of carbonyl (C=O) groups excluding carboxylic acids is 3. The monoisotopic (exact) mass is 576 g/mol. The summed E-state index contributed by atoms with van der Waals surface area (Å²) in [5, 5.41) is 22.9. The molecule has 0 radical (unpaired) electrons. The van der Waals surface area contributed by atoms with Crippen molar-refractivity contribution < 1.29 is 38.8 Å². The number of aliphatic hydroxyl groups is 2. The number of methoxy groups -OCH3 is 2. The van der Waals surface area contributed by atoms with Gasteiger partial charge in [0.15, 0.2) is 0 Å². The Morgan fingerprint density at radius 3 is 2.37 bits per heavy atom. The number of epoxide rings is 1. The Morgan fingerprint density at radius 2 is 1.76 bits per heavy atom. The van der Waals surface area contributed by atoms with Gasteiger partial charge < -0.3 is 24.4 Å². The van der Waals surface area contributed by atoms with Crippen molar-refractivity contribution in [1.29, 1.82) is 0 Å².